The minimum atomic E-state index is -0.200. The maximum atomic E-state index is 12.5. The maximum Gasteiger partial charge on any atom is 0.250 e. The van der Waals surface area contributed by atoms with Crippen molar-refractivity contribution in [2.45, 2.75) is 18.5 Å². The van der Waals surface area contributed by atoms with Crippen LogP contribution in [-0.4, -0.2) is 32.1 Å². The van der Waals surface area contributed by atoms with Crippen molar-refractivity contribution in [2.75, 3.05) is 5.75 Å². The molecule has 4 rings (SSSR count). The predicted molar refractivity (Wildman–Crippen MR) is 137 cm³/mol. The smallest absolute Gasteiger partial charge is 0.250 e. The molecule has 3 aromatic carbocycles. The van der Waals surface area contributed by atoms with Crippen molar-refractivity contribution in [1.29, 1.82) is 0 Å². The molecule has 4 aromatic rings. The molecule has 1 amide bonds. The molecule has 33 heavy (non-hydrogen) atoms. The number of carbonyl (C=O) groups excluding carboxylic acids is 1. The number of benzene rings is 3. The summed E-state index contributed by atoms with van der Waals surface area (Å²) in [5.41, 5.74) is 6.35. The number of para-hydroxylation sites is 1. The molecule has 0 bridgehead atoms. The quantitative estimate of drug-likeness (QED) is 0.183. The SMILES string of the molecule is CC/C(=N\NC(=O)CSc1nnc(-c2cccc(Br)c2)n1-c1ccccc1)c1ccccc1. The molecule has 0 aliphatic carbocycles. The van der Waals surface area contributed by atoms with Gasteiger partial charge in [0.25, 0.3) is 5.91 Å². The minimum Gasteiger partial charge on any atom is -0.272 e. The van der Waals surface area contributed by atoms with E-state index in [9.17, 15) is 4.79 Å². The van der Waals surface area contributed by atoms with Gasteiger partial charge in [0.05, 0.1) is 11.5 Å². The summed E-state index contributed by atoms with van der Waals surface area (Å²) < 4.78 is 2.92. The molecule has 0 saturated heterocycles. The number of hydrogen-bond acceptors (Lipinski definition) is 5. The van der Waals surface area contributed by atoms with Gasteiger partial charge in [-0.1, -0.05) is 95.3 Å². The lowest BCUT2D eigenvalue weighted by Crippen LogP contribution is -2.22. The fourth-order valence-electron chi connectivity index (χ4n) is 3.26. The van der Waals surface area contributed by atoms with Crippen LogP contribution in [0.25, 0.3) is 17.1 Å². The van der Waals surface area contributed by atoms with Gasteiger partial charge in [-0.25, -0.2) is 5.43 Å². The van der Waals surface area contributed by atoms with Gasteiger partial charge in [0.1, 0.15) is 0 Å². The average Bonchev–Trinajstić information content (AvgIpc) is 3.28. The Bertz CT molecular complexity index is 1260. The van der Waals surface area contributed by atoms with Crippen molar-refractivity contribution in [3.63, 3.8) is 0 Å². The van der Waals surface area contributed by atoms with E-state index in [1.807, 2.05) is 96.4 Å². The van der Waals surface area contributed by atoms with Crippen LogP contribution in [0.5, 0.6) is 0 Å². The first-order valence-corrected chi connectivity index (χ1v) is 12.2. The van der Waals surface area contributed by atoms with E-state index in [1.54, 1.807) is 0 Å². The highest BCUT2D eigenvalue weighted by molar-refractivity contribution is 9.10. The summed E-state index contributed by atoms with van der Waals surface area (Å²) in [5, 5.41) is 13.8. The number of carbonyl (C=O) groups is 1. The Balaban J connectivity index is 1.53. The summed E-state index contributed by atoms with van der Waals surface area (Å²) in [7, 11) is 0. The molecule has 0 fully saturated rings. The first-order valence-electron chi connectivity index (χ1n) is 10.5. The number of halogens is 1. The van der Waals surface area contributed by atoms with Crippen molar-refractivity contribution in [1.82, 2.24) is 20.2 Å². The summed E-state index contributed by atoms with van der Waals surface area (Å²) in [6.07, 6.45) is 0.718. The largest absolute Gasteiger partial charge is 0.272 e. The van der Waals surface area contributed by atoms with E-state index in [2.05, 4.69) is 36.7 Å². The van der Waals surface area contributed by atoms with E-state index in [0.717, 1.165) is 33.4 Å². The molecule has 0 saturated carbocycles. The lowest BCUT2D eigenvalue weighted by Gasteiger charge is -2.10. The van der Waals surface area contributed by atoms with E-state index < -0.39 is 0 Å². The van der Waals surface area contributed by atoms with E-state index >= 15 is 0 Å². The lowest BCUT2D eigenvalue weighted by molar-refractivity contribution is -0.118. The van der Waals surface area contributed by atoms with Gasteiger partial charge < -0.3 is 0 Å². The number of rotatable bonds is 8. The van der Waals surface area contributed by atoms with Crippen molar-refractivity contribution in [3.8, 4) is 17.1 Å². The standard InChI is InChI=1S/C25H22BrN5OS/c1-2-22(18-10-5-3-6-11-18)27-28-23(32)17-33-25-30-29-24(19-12-9-13-20(26)16-19)31(25)21-14-7-4-8-15-21/h3-16H,2,17H2,1H3,(H,28,32)/b27-22+. The number of nitrogens with zero attached hydrogens (tertiary/aromatic N) is 4. The molecule has 1 heterocycles. The van der Waals surface area contributed by atoms with Crippen LogP contribution in [0.3, 0.4) is 0 Å². The zero-order valence-corrected chi connectivity index (χ0v) is 20.4. The summed E-state index contributed by atoms with van der Waals surface area (Å²) in [4.78, 5) is 12.5. The number of hydrogen-bond donors (Lipinski definition) is 1. The van der Waals surface area contributed by atoms with Crippen LogP contribution in [0, 0.1) is 0 Å². The zero-order valence-electron chi connectivity index (χ0n) is 18.0. The highest BCUT2D eigenvalue weighted by Crippen LogP contribution is 2.29. The lowest BCUT2D eigenvalue weighted by atomic mass is 10.1. The number of aromatic nitrogens is 3. The Morgan fingerprint density at radius 1 is 1.00 bits per heavy atom. The van der Waals surface area contributed by atoms with Crippen LogP contribution >= 0.6 is 27.7 Å². The zero-order chi connectivity index (χ0) is 23.0. The van der Waals surface area contributed by atoms with Gasteiger partial charge in [0, 0.05) is 15.7 Å². The average molecular weight is 520 g/mol. The minimum absolute atomic E-state index is 0.165. The van der Waals surface area contributed by atoms with Crippen LogP contribution in [-0.2, 0) is 4.79 Å². The maximum absolute atomic E-state index is 12.5. The second-order valence-corrected chi connectivity index (χ2v) is 8.95. The Morgan fingerprint density at radius 2 is 1.73 bits per heavy atom. The van der Waals surface area contributed by atoms with Gasteiger partial charge in [0.2, 0.25) is 0 Å². The van der Waals surface area contributed by atoms with Crippen molar-refractivity contribution in [2.24, 2.45) is 5.10 Å². The first-order chi connectivity index (χ1) is 16.2. The van der Waals surface area contributed by atoms with Crippen LogP contribution < -0.4 is 5.43 Å². The van der Waals surface area contributed by atoms with E-state index in [1.165, 1.54) is 11.8 Å². The monoisotopic (exact) mass is 519 g/mol. The van der Waals surface area contributed by atoms with Crippen LogP contribution in [0.15, 0.2) is 99.7 Å². The van der Waals surface area contributed by atoms with Gasteiger partial charge in [-0.3, -0.25) is 9.36 Å². The number of thioether (sulfide) groups is 1. The molecule has 0 unspecified atom stereocenters. The van der Waals surface area contributed by atoms with Crippen molar-refractivity contribution in [3.05, 3.63) is 95.0 Å². The molecule has 0 atom stereocenters. The van der Waals surface area contributed by atoms with Crippen LogP contribution in [0.1, 0.15) is 18.9 Å². The molecule has 166 valence electrons. The third kappa shape index (κ3) is 5.77. The van der Waals surface area contributed by atoms with Crippen molar-refractivity contribution < 1.29 is 4.79 Å². The highest BCUT2D eigenvalue weighted by atomic mass is 79.9. The van der Waals surface area contributed by atoms with Gasteiger partial charge in [-0.2, -0.15) is 5.10 Å². The fourth-order valence-corrected chi connectivity index (χ4v) is 4.40. The molecule has 1 N–H and O–H groups in total. The van der Waals surface area contributed by atoms with Crippen LogP contribution in [0.4, 0.5) is 0 Å². The van der Waals surface area contributed by atoms with E-state index in [4.69, 9.17) is 0 Å². The first kappa shape index (κ1) is 22.9. The Kier molecular flexibility index (Phi) is 7.70. The molecule has 0 radical (unpaired) electrons. The van der Waals surface area contributed by atoms with Gasteiger partial charge in [-0.05, 0) is 36.2 Å². The molecular formula is C25H22BrN5OS. The molecule has 0 aliphatic heterocycles. The molecule has 8 heteroatoms. The molecule has 6 nitrogen and oxygen atoms in total. The fraction of sp³-hybridized carbons (Fsp3) is 0.120. The summed E-state index contributed by atoms with van der Waals surface area (Å²) in [5.74, 6) is 0.674. The third-order valence-corrected chi connectivity index (χ3v) is 6.24. The number of nitrogens with one attached hydrogen (secondary N) is 1. The second-order valence-electron chi connectivity index (χ2n) is 7.09. The normalized spacial score (nSPS) is 11.4. The molecular weight excluding hydrogens is 498 g/mol. The highest BCUT2D eigenvalue weighted by Gasteiger charge is 2.17. The van der Waals surface area contributed by atoms with Crippen molar-refractivity contribution >= 4 is 39.3 Å². The number of amides is 1. The van der Waals surface area contributed by atoms with Crippen LogP contribution in [0.2, 0.25) is 0 Å². The Morgan fingerprint density at radius 3 is 2.42 bits per heavy atom. The number of hydrazone groups is 1. The topological polar surface area (TPSA) is 72.2 Å². The summed E-state index contributed by atoms with van der Waals surface area (Å²) >= 11 is 4.84. The molecule has 0 aliphatic rings. The van der Waals surface area contributed by atoms with Gasteiger partial charge >= 0.3 is 0 Å². The predicted octanol–water partition coefficient (Wildman–Crippen LogP) is 5.72. The second kappa shape index (κ2) is 11.1. The van der Waals surface area contributed by atoms with E-state index in [0.29, 0.717) is 11.0 Å². The molecule has 0 spiro atoms. The third-order valence-electron chi connectivity index (χ3n) is 4.82. The Labute approximate surface area is 205 Å². The summed E-state index contributed by atoms with van der Waals surface area (Å²) in [6, 6.07) is 27.6. The van der Waals surface area contributed by atoms with Gasteiger partial charge in [-0.15, -0.1) is 10.2 Å². The van der Waals surface area contributed by atoms with Gasteiger partial charge in [0.15, 0.2) is 11.0 Å². The van der Waals surface area contributed by atoms with E-state index in [-0.39, 0.29) is 11.7 Å². The summed E-state index contributed by atoms with van der Waals surface area (Å²) in [6.45, 7) is 2.01. The Hall–Kier alpha value is -3.23. The molecule has 1 aromatic heterocycles.